The third-order valence-electron chi connectivity index (χ3n) is 5.74. The fourth-order valence-corrected chi connectivity index (χ4v) is 4.28. The van der Waals surface area contributed by atoms with Crippen LogP contribution in [0.5, 0.6) is 5.75 Å². The van der Waals surface area contributed by atoms with Crippen LogP contribution in [0, 0.1) is 12.8 Å². The fourth-order valence-electron chi connectivity index (χ4n) is 4.02. The van der Waals surface area contributed by atoms with Gasteiger partial charge in [0.1, 0.15) is 11.5 Å². The molecule has 0 spiro atoms. The first-order valence-electron chi connectivity index (χ1n) is 11.1. The number of nitrogens with zero attached hydrogens (tertiary/aromatic N) is 1. The van der Waals surface area contributed by atoms with Crippen molar-refractivity contribution < 1.29 is 19.4 Å². The van der Waals surface area contributed by atoms with E-state index in [0.717, 1.165) is 15.6 Å². The van der Waals surface area contributed by atoms with E-state index in [0.29, 0.717) is 29.5 Å². The smallest absolute Gasteiger partial charge is 0.300 e. The first kappa shape index (κ1) is 23.8. The second-order valence-corrected chi connectivity index (χ2v) is 9.65. The molecule has 1 fully saturated rings. The van der Waals surface area contributed by atoms with Gasteiger partial charge in [0.25, 0.3) is 11.7 Å². The van der Waals surface area contributed by atoms with Gasteiger partial charge in [0.05, 0.1) is 18.2 Å². The Labute approximate surface area is 207 Å². The van der Waals surface area contributed by atoms with Gasteiger partial charge in [-0.05, 0) is 60.4 Å². The summed E-state index contributed by atoms with van der Waals surface area (Å²) in [6.07, 6.45) is 0. The molecule has 174 valence electrons. The van der Waals surface area contributed by atoms with E-state index >= 15 is 0 Å². The molecule has 0 radical (unpaired) electrons. The van der Waals surface area contributed by atoms with Crippen LogP contribution in [0.3, 0.4) is 0 Å². The summed E-state index contributed by atoms with van der Waals surface area (Å²) in [5.41, 5.74) is 2.79. The molecule has 1 atom stereocenters. The number of aliphatic hydroxyl groups excluding tert-OH is 1. The Balaban J connectivity index is 1.84. The molecule has 0 saturated carbocycles. The molecule has 1 saturated heterocycles. The highest BCUT2D eigenvalue weighted by Gasteiger charge is 2.47. The van der Waals surface area contributed by atoms with Crippen LogP contribution in [-0.2, 0) is 9.59 Å². The monoisotopic (exact) mass is 519 g/mol. The molecule has 3 aromatic rings. The second kappa shape index (κ2) is 9.85. The van der Waals surface area contributed by atoms with Gasteiger partial charge < -0.3 is 9.84 Å². The van der Waals surface area contributed by atoms with E-state index in [4.69, 9.17) is 4.74 Å². The van der Waals surface area contributed by atoms with Crippen LogP contribution in [0.4, 0.5) is 5.69 Å². The Kier molecular flexibility index (Phi) is 6.89. The first-order valence-corrected chi connectivity index (χ1v) is 11.9. The number of carbonyl (C=O) groups is 2. The number of benzene rings is 3. The normalized spacial score (nSPS) is 17.4. The number of halogens is 1. The number of rotatable bonds is 6. The number of amides is 1. The van der Waals surface area contributed by atoms with Gasteiger partial charge in [-0.1, -0.05) is 66.2 Å². The van der Waals surface area contributed by atoms with Gasteiger partial charge in [0.15, 0.2) is 0 Å². The minimum Gasteiger partial charge on any atom is -0.507 e. The van der Waals surface area contributed by atoms with E-state index in [9.17, 15) is 14.7 Å². The third kappa shape index (κ3) is 4.64. The Bertz CT molecular complexity index is 1250. The molecule has 5 nitrogen and oxygen atoms in total. The van der Waals surface area contributed by atoms with Gasteiger partial charge in [0, 0.05) is 15.7 Å². The molecule has 4 rings (SSSR count). The van der Waals surface area contributed by atoms with Gasteiger partial charge in [-0.25, -0.2) is 0 Å². The van der Waals surface area contributed by atoms with E-state index in [1.165, 1.54) is 4.90 Å². The zero-order valence-corrected chi connectivity index (χ0v) is 20.9. The molecule has 1 amide bonds. The topological polar surface area (TPSA) is 66.8 Å². The van der Waals surface area contributed by atoms with Gasteiger partial charge in [-0.3, -0.25) is 14.5 Å². The number of ether oxygens (including phenoxy) is 1. The highest BCUT2D eigenvalue weighted by molar-refractivity contribution is 9.10. The van der Waals surface area contributed by atoms with Crippen molar-refractivity contribution in [2.45, 2.75) is 26.8 Å². The maximum Gasteiger partial charge on any atom is 0.300 e. The van der Waals surface area contributed by atoms with Crippen LogP contribution in [0.15, 0.2) is 82.8 Å². The molecule has 1 heterocycles. The lowest BCUT2D eigenvalue weighted by Crippen LogP contribution is -2.29. The van der Waals surface area contributed by atoms with Crippen molar-refractivity contribution in [3.63, 3.8) is 0 Å². The number of carbonyl (C=O) groups excluding carboxylic acids is 2. The van der Waals surface area contributed by atoms with Crippen molar-refractivity contribution >= 4 is 39.1 Å². The van der Waals surface area contributed by atoms with Gasteiger partial charge >= 0.3 is 0 Å². The standard InChI is InChI=1S/C28H26BrNO4/c1-17(2)16-34-22-14-12-21(13-15-22)30-25(23-7-5-4-6-18(23)3)24(27(32)28(30)33)26(31)19-8-10-20(29)11-9-19/h4-15,17,25,31H,16H2,1-3H3/b26-24-. The summed E-state index contributed by atoms with van der Waals surface area (Å²) >= 11 is 3.39. The van der Waals surface area contributed by atoms with Gasteiger partial charge in [-0.2, -0.15) is 0 Å². The van der Waals surface area contributed by atoms with Crippen molar-refractivity contribution in [2.75, 3.05) is 11.5 Å². The average Bonchev–Trinajstić information content (AvgIpc) is 3.08. The molecule has 1 aliphatic rings. The van der Waals surface area contributed by atoms with E-state index in [2.05, 4.69) is 29.8 Å². The quantitative estimate of drug-likeness (QED) is 0.232. The largest absolute Gasteiger partial charge is 0.507 e. The molecule has 1 unspecified atom stereocenters. The Morgan fingerprint density at radius 2 is 1.65 bits per heavy atom. The number of aliphatic hydroxyl groups is 1. The van der Waals surface area contributed by atoms with Crippen LogP contribution in [0.1, 0.15) is 36.6 Å². The zero-order chi connectivity index (χ0) is 24.4. The predicted molar refractivity (Wildman–Crippen MR) is 137 cm³/mol. The maximum absolute atomic E-state index is 13.3. The first-order chi connectivity index (χ1) is 16.3. The number of hydrogen-bond acceptors (Lipinski definition) is 4. The molecule has 0 aliphatic carbocycles. The molecule has 0 bridgehead atoms. The minimum atomic E-state index is -0.757. The summed E-state index contributed by atoms with van der Waals surface area (Å²) < 4.78 is 6.61. The Morgan fingerprint density at radius 3 is 2.26 bits per heavy atom. The van der Waals surface area contributed by atoms with Gasteiger partial charge in [0.2, 0.25) is 0 Å². The number of Topliss-reactive ketones (excluding diaryl/α,β-unsaturated/α-hetero) is 1. The molecule has 0 aromatic heterocycles. The van der Waals surface area contributed by atoms with Crippen molar-refractivity contribution in [2.24, 2.45) is 5.92 Å². The lowest BCUT2D eigenvalue weighted by Gasteiger charge is -2.26. The summed E-state index contributed by atoms with van der Waals surface area (Å²) in [5.74, 6) is -0.511. The molecular formula is C28H26BrNO4. The molecule has 3 aromatic carbocycles. The third-order valence-corrected chi connectivity index (χ3v) is 6.27. The van der Waals surface area contributed by atoms with Crippen LogP contribution in [0.2, 0.25) is 0 Å². The SMILES string of the molecule is Cc1ccccc1C1/C(=C(/O)c2ccc(Br)cc2)C(=O)C(=O)N1c1ccc(OCC(C)C)cc1. The van der Waals surface area contributed by atoms with E-state index in [1.807, 2.05) is 31.2 Å². The van der Waals surface area contributed by atoms with Crippen LogP contribution in [0.25, 0.3) is 5.76 Å². The Morgan fingerprint density at radius 1 is 1.00 bits per heavy atom. The lowest BCUT2D eigenvalue weighted by atomic mass is 9.92. The predicted octanol–water partition coefficient (Wildman–Crippen LogP) is 6.42. The van der Waals surface area contributed by atoms with Crippen LogP contribution in [-0.4, -0.2) is 23.4 Å². The molecule has 34 heavy (non-hydrogen) atoms. The highest BCUT2D eigenvalue weighted by Crippen LogP contribution is 2.43. The van der Waals surface area contributed by atoms with E-state index < -0.39 is 17.7 Å². The maximum atomic E-state index is 13.3. The van der Waals surface area contributed by atoms with Crippen LogP contribution >= 0.6 is 15.9 Å². The van der Waals surface area contributed by atoms with Crippen molar-refractivity contribution in [3.05, 3.63) is 99.5 Å². The lowest BCUT2D eigenvalue weighted by molar-refractivity contribution is -0.132. The number of hydrogen-bond donors (Lipinski definition) is 1. The van der Waals surface area contributed by atoms with Crippen molar-refractivity contribution in [3.8, 4) is 5.75 Å². The molecule has 6 heteroatoms. The minimum absolute atomic E-state index is 0.0711. The van der Waals surface area contributed by atoms with Crippen molar-refractivity contribution in [1.82, 2.24) is 0 Å². The summed E-state index contributed by atoms with van der Waals surface area (Å²) in [7, 11) is 0. The molecule has 1 aliphatic heterocycles. The summed E-state index contributed by atoms with van der Waals surface area (Å²) in [5, 5.41) is 11.2. The Hall–Kier alpha value is -3.38. The molecular weight excluding hydrogens is 494 g/mol. The summed E-state index contributed by atoms with van der Waals surface area (Å²) in [4.78, 5) is 28.0. The summed E-state index contributed by atoms with van der Waals surface area (Å²) in [6, 6.07) is 20.9. The number of aryl methyl sites for hydroxylation is 1. The zero-order valence-electron chi connectivity index (χ0n) is 19.3. The van der Waals surface area contributed by atoms with E-state index in [1.54, 1.807) is 48.5 Å². The highest BCUT2D eigenvalue weighted by atomic mass is 79.9. The summed E-state index contributed by atoms with van der Waals surface area (Å²) in [6.45, 7) is 6.65. The second-order valence-electron chi connectivity index (χ2n) is 8.73. The van der Waals surface area contributed by atoms with Crippen molar-refractivity contribution in [1.29, 1.82) is 0 Å². The van der Waals surface area contributed by atoms with E-state index in [-0.39, 0.29) is 11.3 Å². The van der Waals surface area contributed by atoms with Crippen LogP contribution < -0.4 is 9.64 Å². The number of ketones is 1. The van der Waals surface area contributed by atoms with Gasteiger partial charge in [-0.15, -0.1) is 0 Å². The average molecular weight is 520 g/mol. The molecule has 1 N–H and O–H groups in total. The number of anilines is 1. The fraction of sp³-hybridized carbons (Fsp3) is 0.214.